The van der Waals surface area contributed by atoms with Crippen LogP contribution in [0.5, 0.6) is 11.5 Å². The number of carbonyl (C=O) groups excluding carboxylic acids is 1. The van der Waals surface area contributed by atoms with Crippen LogP contribution in [-0.4, -0.2) is 41.9 Å². The third-order valence-corrected chi connectivity index (χ3v) is 3.93. The van der Waals surface area contributed by atoms with Crippen molar-refractivity contribution in [1.29, 1.82) is 0 Å². The first kappa shape index (κ1) is 17.6. The molecule has 0 aliphatic carbocycles. The number of carbonyl (C=O) groups is 2. The lowest BCUT2D eigenvalue weighted by Gasteiger charge is -2.12. The quantitative estimate of drug-likeness (QED) is 0.737. The number of nitrogens with one attached hydrogen (secondary N) is 1. The number of ether oxygens (including phenoxy) is 2. The summed E-state index contributed by atoms with van der Waals surface area (Å²) in [5.74, 6) is 0.0646. The smallest absolute Gasteiger partial charge is 0.338 e. The van der Waals surface area contributed by atoms with Crippen molar-refractivity contribution >= 4 is 28.5 Å². The van der Waals surface area contributed by atoms with E-state index in [0.29, 0.717) is 17.2 Å². The third-order valence-electron chi connectivity index (χ3n) is 3.04. The number of hydrogen-bond acceptors (Lipinski definition) is 7. The zero-order valence-electron chi connectivity index (χ0n) is 13.1. The van der Waals surface area contributed by atoms with Crippen LogP contribution in [0.3, 0.4) is 0 Å². The first-order chi connectivity index (χ1) is 11.5. The van der Waals surface area contributed by atoms with Crippen LogP contribution in [0.25, 0.3) is 0 Å². The molecule has 0 bridgehead atoms. The summed E-state index contributed by atoms with van der Waals surface area (Å²) in [5.41, 5.74) is 0.597. The van der Waals surface area contributed by atoms with Crippen LogP contribution < -0.4 is 14.8 Å². The summed E-state index contributed by atoms with van der Waals surface area (Å²) in [4.78, 5) is 27.2. The molecule has 0 unspecified atom stereocenters. The van der Waals surface area contributed by atoms with Gasteiger partial charge in [-0.25, -0.2) is 9.78 Å². The van der Waals surface area contributed by atoms with E-state index in [9.17, 15) is 9.59 Å². The maximum Gasteiger partial charge on any atom is 0.338 e. The fourth-order valence-corrected chi connectivity index (χ4v) is 2.64. The second-order valence-corrected chi connectivity index (χ2v) is 5.60. The largest absolute Gasteiger partial charge is 0.497 e. The van der Waals surface area contributed by atoms with Gasteiger partial charge in [0.25, 0.3) is 0 Å². The molecule has 0 amide bonds. The number of carboxylic acids is 1. The Morgan fingerprint density at radius 3 is 2.71 bits per heavy atom. The van der Waals surface area contributed by atoms with Gasteiger partial charge in [-0.3, -0.25) is 4.79 Å². The van der Waals surface area contributed by atoms with Crippen molar-refractivity contribution in [3.63, 3.8) is 0 Å². The lowest BCUT2D eigenvalue weighted by Crippen LogP contribution is -2.12. The topological polar surface area (TPSA) is 97.8 Å². The van der Waals surface area contributed by atoms with Gasteiger partial charge in [0.15, 0.2) is 0 Å². The molecule has 0 aliphatic heterocycles. The Kier molecular flexibility index (Phi) is 6.02. The van der Waals surface area contributed by atoms with Crippen molar-refractivity contribution in [3.05, 3.63) is 42.1 Å². The van der Waals surface area contributed by atoms with Crippen molar-refractivity contribution in [2.75, 3.05) is 26.1 Å². The van der Waals surface area contributed by atoms with Gasteiger partial charge in [0.1, 0.15) is 16.5 Å². The van der Waals surface area contributed by atoms with E-state index in [1.165, 1.54) is 25.4 Å². The number of aromatic carboxylic acids is 1. The summed E-state index contributed by atoms with van der Waals surface area (Å²) in [6, 6.07) is 8.09. The Morgan fingerprint density at radius 2 is 2.04 bits per heavy atom. The summed E-state index contributed by atoms with van der Waals surface area (Å²) < 4.78 is 10.4. The summed E-state index contributed by atoms with van der Waals surface area (Å²) in [7, 11) is 3.07. The molecular weight excluding hydrogens is 332 g/mol. The molecule has 0 saturated carbocycles. The molecule has 1 aromatic carbocycles. The Bertz CT molecular complexity index is 751. The molecule has 1 heterocycles. The minimum absolute atomic E-state index is 0.00480. The molecule has 1 aromatic heterocycles. The number of benzene rings is 1. The van der Waals surface area contributed by atoms with Gasteiger partial charge >= 0.3 is 5.97 Å². The van der Waals surface area contributed by atoms with Crippen molar-refractivity contribution in [3.8, 4) is 11.5 Å². The van der Waals surface area contributed by atoms with Crippen LogP contribution in [-0.2, 0) is 4.79 Å². The maximum absolute atomic E-state index is 12.1. The number of methoxy groups -OCH3 is 2. The predicted molar refractivity (Wildman–Crippen MR) is 90.1 cm³/mol. The zero-order valence-corrected chi connectivity index (χ0v) is 13.9. The van der Waals surface area contributed by atoms with Gasteiger partial charge in [0.05, 0.1) is 32.0 Å². The number of rotatable bonds is 7. The molecule has 2 aromatic rings. The van der Waals surface area contributed by atoms with Gasteiger partial charge in [0.2, 0.25) is 5.12 Å². The highest BCUT2D eigenvalue weighted by atomic mass is 32.2. The van der Waals surface area contributed by atoms with Crippen LogP contribution in [0.4, 0.5) is 5.69 Å². The molecular formula is C16H16N2O5S. The molecule has 0 spiro atoms. The van der Waals surface area contributed by atoms with Crippen molar-refractivity contribution in [2.45, 2.75) is 5.03 Å². The molecule has 0 saturated heterocycles. The molecule has 2 rings (SSSR count). The van der Waals surface area contributed by atoms with Gasteiger partial charge in [-0.1, -0.05) is 0 Å². The lowest BCUT2D eigenvalue weighted by atomic mass is 10.2. The van der Waals surface area contributed by atoms with Crippen LogP contribution >= 0.6 is 11.8 Å². The summed E-state index contributed by atoms with van der Waals surface area (Å²) in [5, 5.41) is 11.9. The zero-order chi connectivity index (χ0) is 17.5. The summed E-state index contributed by atoms with van der Waals surface area (Å²) in [6.45, 7) is -0.0240. The summed E-state index contributed by atoms with van der Waals surface area (Å²) in [6.07, 6.45) is 1.45. The average molecular weight is 348 g/mol. The predicted octanol–water partition coefficient (Wildman–Crippen LogP) is 2.53. The SMILES string of the molecule is COc1ccc(OC)c(NCC(=O)Sc2ncccc2C(=O)O)c1. The monoisotopic (exact) mass is 348 g/mol. The Morgan fingerprint density at radius 1 is 1.25 bits per heavy atom. The second kappa shape index (κ2) is 8.21. The van der Waals surface area contributed by atoms with Crippen molar-refractivity contribution in [1.82, 2.24) is 4.98 Å². The maximum atomic E-state index is 12.1. The standard InChI is InChI=1S/C16H16N2O5S/c1-22-10-5-6-13(23-2)12(8-10)18-9-14(19)24-15-11(16(20)21)4-3-7-17-15/h3-8,18H,9H2,1-2H3,(H,20,21). The van der Waals surface area contributed by atoms with Crippen LogP contribution in [0.1, 0.15) is 10.4 Å². The summed E-state index contributed by atoms with van der Waals surface area (Å²) >= 11 is 0.776. The minimum Gasteiger partial charge on any atom is -0.497 e. The van der Waals surface area contributed by atoms with Gasteiger partial charge in [-0.05, 0) is 36.0 Å². The van der Waals surface area contributed by atoms with Crippen LogP contribution in [0.15, 0.2) is 41.6 Å². The van der Waals surface area contributed by atoms with Crippen LogP contribution in [0.2, 0.25) is 0 Å². The van der Waals surface area contributed by atoms with Crippen LogP contribution in [0, 0.1) is 0 Å². The number of nitrogens with zero attached hydrogens (tertiary/aromatic N) is 1. The Labute approximate surface area is 143 Å². The molecule has 0 fully saturated rings. The number of hydrogen-bond donors (Lipinski definition) is 2. The fraction of sp³-hybridized carbons (Fsp3) is 0.188. The number of aromatic nitrogens is 1. The molecule has 0 aliphatic rings. The van der Waals surface area contributed by atoms with E-state index < -0.39 is 5.97 Å². The lowest BCUT2D eigenvalue weighted by molar-refractivity contribution is -0.109. The van der Waals surface area contributed by atoms with E-state index >= 15 is 0 Å². The van der Waals surface area contributed by atoms with E-state index in [-0.39, 0.29) is 22.2 Å². The van der Waals surface area contributed by atoms with Crippen molar-refractivity contribution < 1.29 is 24.2 Å². The number of carboxylic acid groups (broad SMARTS) is 1. The highest BCUT2D eigenvalue weighted by molar-refractivity contribution is 8.13. The van der Waals surface area contributed by atoms with E-state index in [1.807, 2.05) is 0 Å². The first-order valence-electron chi connectivity index (χ1n) is 6.90. The molecule has 0 radical (unpaired) electrons. The molecule has 7 nitrogen and oxygen atoms in total. The molecule has 24 heavy (non-hydrogen) atoms. The van der Waals surface area contributed by atoms with Gasteiger partial charge in [-0.2, -0.15) is 0 Å². The van der Waals surface area contributed by atoms with Crippen molar-refractivity contribution in [2.24, 2.45) is 0 Å². The number of anilines is 1. The highest BCUT2D eigenvalue weighted by Crippen LogP contribution is 2.29. The number of pyridine rings is 1. The molecule has 8 heteroatoms. The first-order valence-corrected chi connectivity index (χ1v) is 7.71. The third kappa shape index (κ3) is 4.39. The van der Waals surface area contributed by atoms with E-state index in [4.69, 9.17) is 14.6 Å². The Hall–Kier alpha value is -2.74. The normalized spacial score (nSPS) is 10.1. The second-order valence-electron chi connectivity index (χ2n) is 4.56. The average Bonchev–Trinajstić information content (AvgIpc) is 2.59. The van der Waals surface area contributed by atoms with Gasteiger partial charge < -0.3 is 19.9 Å². The van der Waals surface area contributed by atoms with E-state index in [0.717, 1.165) is 11.8 Å². The Balaban J connectivity index is 2.05. The van der Waals surface area contributed by atoms with Gasteiger partial charge in [0, 0.05) is 12.3 Å². The van der Waals surface area contributed by atoms with E-state index in [1.54, 1.807) is 25.3 Å². The highest BCUT2D eigenvalue weighted by Gasteiger charge is 2.15. The fourth-order valence-electron chi connectivity index (χ4n) is 1.90. The minimum atomic E-state index is -1.12. The van der Waals surface area contributed by atoms with Gasteiger partial charge in [-0.15, -0.1) is 0 Å². The molecule has 126 valence electrons. The molecule has 0 atom stereocenters. The van der Waals surface area contributed by atoms with E-state index in [2.05, 4.69) is 10.3 Å². The molecule has 2 N–H and O–H groups in total. The number of thioether (sulfide) groups is 1.